The third-order valence-corrected chi connectivity index (χ3v) is 3.72. The van der Waals surface area contributed by atoms with E-state index in [4.69, 9.17) is 4.98 Å². The summed E-state index contributed by atoms with van der Waals surface area (Å²) >= 11 is 0. The van der Waals surface area contributed by atoms with E-state index in [-0.39, 0.29) is 0 Å². The van der Waals surface area contributed by atoms with Gasteiger partial charge in [-0.15, -0.1) is 0 Å². The second-order valence-electron chi connectivity index (χ2n) is 5.06. The number of imidazole rings is 1. The molecular formula is C16H25N3. The Balaban J connectivity index is 2.23. The normalized spacial score (nSPS) is 11.6. The molecule has 0 saturated carbocycles. The first-order valence-electron chi connectivity index (χ1n) is 7.47. The molecule has 1 N–H and O–H groups in total. The number of aromatic nitrogens is 2. The standard InChI is InChI=1S/C16H25N3/c1-4-11-19-15-10-8-7-9-14(15)18-16(19)12-17-13(5-2)6-3/h7-10,13,17H,4-6,11-12H2,1-3H3. The molecule has 1 aromatic carbocycles. The summed E-state index contributed by atoms with van der Waals surface area (Å²) in [7, 11) is 0. The first-order valence-corrected chi connectivity index (χ1v) is 7.47. The van der Waals surface area contributed by atoms with Crippen LogP contribution in [0.5, 0.6) is 0 Å². The van der Waals surface area contributed by atoms with Crippen LogP contribution in [0, 0.1) is 0 Å². The van der Waals surface area contributed by atoms with Gasteiger partial charge in [0.2, 0.25) is 0 Å². The minimum absolute atomic E-state index is 0.592. The number of hydrogen-bond donors (Lipinski definition) is 1. The van der Waals surface area contributed by atoms with Crippen molar-refractivity contribution in [3.63, 3.8) is 0 Å². The lowest BCUT2D eigenvalue weighted by molar-refractivity contribution is 0.467. The fourth-order valence-electron chi connectivity index (χ4n) is 2.55. The molecule has 19 heavy (non-hydrogen) atoms. The van der Waals surface area contributed by atoms with Crippen molar-refractivity contribution in [3.05, 3.63) is 30.1 Å². The molecule has 0 aliphatic rings. The third-order valence-electron chi connectivity index (χ3n) is 3.72. The van der Waals surface area contributed by atoms with Crippen molar-refractivity contribution < 1.29 is 0 Å². The van der Waals surface area contributed by atoms with E-state index < -0.39 is 0 Å². The van der Waals surface area contributed by atoms with E-state index in [1.165, 1.54) is 18.4 Å². The van der Waals surface area contributed by atoms with Crippen molar-refractivity contribution in [2.45, 2.75) is 59.2 Å². The topological polar surface area (TPSA) is 29.9 Å². The predicted molar refractivity (Wildman–Crippen MR) is 81.2 cm³/mol. The second kappa shape index (κ2) is 6.71. The molecule has 2 aromatic rings. The zero-order valence-electron chi connectivity index (χ0n) is 12.3. The van der Waals surface area contributed by atoms with E-state index in [0.717, 1.165) is 30.9 Å². The largest absolute Gasteiger partial charge is 0.327 e. The highest BCUT2D eigenvalue weighted by Gasteiger charge is 2.10. The molecule has 3 nitrogen and oxygen atoms in total. The molecule has 0 atom stereocenters. The van der Waals surface area contributed by atoms with E-state index in [1.54, 1.807) is 0 Å². The monoisotopic (exact) mass is 259 g/mol. The fourth-order valence-corrected chi connectivity index (χ4v) is 2.55. The molecule has 0 unspecified atom stereocenters. The molecule has 2 rings (SSSR count). The lowest BCUT2D eigenvalue weighted by Crippen LogP contribution is -2.28. The average molecular weight is 259 g/mol. The minimum atomic E-state index is 0.592. The minimum Gasteiger partial charge on any atom is -0.327 e. The quantitative estimate of drug-likeness (QED) is 0.821. The van der Waals surface area contributed by atoms with Crippen molar-refractivity contribution in [1.29, 1.82) is 0 Å². The van der Waals surface area contributed by atoms with E-state index >= 15 is 0 Å². The molecule has 0 fully saturated rings. The highest BCUT2D eigenvalue weighted by atomic mass is 15.1. The maximum atomic E-state index is 4.77. The van der Waals surface area contributed by atoms with E-state index in [2.05, 4.69) is 54.9 Å². The van der Waals surface area contributed by atoms with E-state index in [9.17, 15) is 0 Å². The smallest absolute Gasteiger partial charge is 0.123 e. The van der Waals surface area contributed by atoms with E-state index in [1.807, 2.05) is 0 Å². The first-order chi connectivity index (χ1) is 9.30. The van der Waals surface area contributed by atoms with Gasteiger partial charge in [0.25, 0.3) is 0 Å². The Morgan fingerprint density at radius 1 is 1.16 bits per heavy atom. The van der Waals surface area contributed by atoms with Crippen molar-refractivity contribution in [2.75, 3.05) is 0 Å². The van der Waals surface area contributed by atoms with Gasteiger partial charge in [0.15, 0.2) is 0 Å². The Hall–Kier alpha value is -1.35. The summed E-state index contributed by atoms with van der Waals surface area (Å²) in [5.41, 5.74) is 2.36. The number of benzene rings is 1. The van der Waals surface area contributed by atoms with Crippen molar-refractivity contribution in [1.82, 2.24) is 14.9 Å². The fraction of sp³-hybridized carbons (Fsp3) is 0.562. The first kappa shape index (κ1) is 14.1. The Bertz CT molecular complexity index is 512. The number of para-hydroxylation sites is 2. The van der Waals surface area contributed by atoms with Gasteiger partial charge in [0.1, 0.15) is 5.82 Å². The van der Waals surface area contributed by atoms with Crippen LogP contribution in [0.15, 0.2) is 24.3 Å². The van der Waals surface area contributed by atoms with Crippen LogP contribution in [-0.2, 0) is 13.1 Å². The molecule has 1 aromatic heterocycles. The van der Waals surface area contributed by atoms with Gasteiger partial charge < -0.3 is 9.88 Å². The summed E-state index contributed by atoms with van der Waals surface area (Å²) in [6.07, 6.45) is 3.48. The Morgan fingerprint density at radius 3 is 2.58 bits per heavy atom. The van der Waals surface area contributed by atoms with Gasteiger partial charge in [-0.2, -0.15) is 0 Å². The summed E-state index contributed by atoms with van der Waals surface area (Å²) < 4.78 is 2.35. The van der Waals surface area contributed by atoms with Crippen LogP contribution in [0.4, 0.5) is 0 Å². The molecular weight excluding hydrogens is 234 g/mol. The summed E-state index contributed by atoms with van der Waals surface area (Å²) in [6.45, 7) is 8.58. The van der Waals surface area contributed by atoms with Crippen LogP contribution >= 0.6 is 0 Å². The van der Waals surface area contributed by atoms with Crippen LogP contribution in [0.3, 0.4) is 0 Å². The Kier molecular flexibility index (Phi) is 4.97. The SMILES string of the molecule is CCCn1c(CNC(CC)CC)nc2ccccc21. The van der Waals surface area contributed by atoms with Crippen LogP contribution in [0.2, 0.25) is 0 Å². The molecule has 104 valence electrons. The van der Waals surface area contributed by atoms with Gasteiger partial charge in [0.05, 0.1) is 17.6 Å². The van der Waals surface area contributed by atoms with E-state index in [0.29, 0.717) is 6.04 Å². The van der Waals surface area contributed by atoms with Crippen molar-refractivity contribution in [3.8, 4) is 0 Å². The molecule has 3 heteroatoms. The Morgan fingerprint density at radius 2 is 1.89 bits per heavy atom. The molecule has 0 saturated heterocycles. The van der Waals surface area contributed by atoms with Gasteiger partial charge in [0, 0.05) is 12.6 Å². The number of fused-ring (bicyclic) bond motifs is 1. The van der Waals surface area contributed by atoms with Crippen LogP contribution in [0.1, 0.15) is 45.9 Å². The summed E-state index contributed by atoms with van der Waals surface area (Å²) in [6, 6.07) is 9.01. The third kappa shape index (κ3) is 3.16. The van der Waals surface area contributed by atoms with Gasteiger partial charge in [-0.1, -0.05) is 32.9 Å². The zero-order chi connectivity index (χ0) is 13.7. The second-order valence-corrected chi connectivity index (χ2v) is 5.06. The highest BCUT2D eigenvalue weighted by molar-refractivity contribution is 5.75. The number of nitrogens with one attached hydrogen (secondary N) is 1. The molecule has 0 radical (unpaired) electrons. The molecule has 0 aliphatic heterocycles. The summed E-state index contributed by atoms with van der Waals surface area (Å²) in [5, 5.41) is 3.61. The molecule has 0 aliphatic carbocycles. The Labute approximate surface area is 116 Å². The maximum Gasteiger partial charge on any atom is 0.123 e. The van der Waals surface area contributed by atoms with Gasteiger partial charge in [-0.05, 0) is 31.4 Å². The molecule has 1 heterocycles. The zero-order valence-corrected chi connectivity index (χ0v) is 12.3. The van der Waals surface area contributed by atoms with Gasteiger partial charge in [-0.25, -0.2) is 4.98 Å². The number of hydrogen-bond acceptors (Lipinski definition) is 2. The van der Waals surface area contributed by atoms with Gasteiger partial charge in [-0.3, -0.25) is 0 Å². The van der Waals surface area contributed by atoms with Gasteiger partial charge >= 0.3 is 0 Å². The van der Waals surface area contributed by atoms with Crippen LogP contribution < -0.4 is 5.32 Å². The van der Waals surface area contributed by atoms with Crippen LogP contribution in [0.25, 0.3) is 11.0 Å². The number of aryl methyl sites for hydroxylation is 1. The number of nitrogens with zero attached hydrogens (tertiary/aromatic N) is 2. The maximum absolute atomic E-state index is 4.77. The number of rotatable bonds is 7. The van der Waals surface area contributed by atoms with Crippen molar-refractivity contribution in [2.24, 2.45) is 0 Å². The lowest BCUT2D eigenvalue weighted by atomic mass is 10.2. The predicted octanol–water partition coefficient (Wildman–Crippen LogP) is 3.72. The summed E-state index contributed by atoms with van der Waals surface area (Å²) in [4.78, 5) is 4.77. The highest BCUT2D eigenvalue weighted by Crippen LogP contribution is 2.16. The summed E-state index contributed by atoms with van der Waals surface area (Å²) in [5.74, 6) is 1.16. The average Bonchev–Trinajstić information content (AvgIpc) is 2.79. The molecule has 0 amide bonds. The van der Waals surface area contributed by atoms with Crippen LogP contribution in [-0.4, -0.2) is 15.6 Å². The molecule has 0 bridgehead atoms. The van der Waals surface area contributed by atoms with Crippen molar-refractivity contribution >= 4 is 11.0 Å². The lowest BCUT2D eigenvalue weighted by Gasteiger charge is -2.15. The molecule has 0 spiro atoms.